The van der Waals surface area contributed by atoms with Gasteiger partial charge in [-0.2, -0.15) is 0 Å². The first kappa shape index (κ1) is 16.8. The van der Waals surface area contributed by atoms with Crippen LogP contribution in [-0.2, 0) is 9.53 Å². The second kappa shape index (κ2) is 6.43. The fourth-order valence-electron chi connectivity index (χ4n) is 3.59. The van der Waals surface area contributed by atoms with Gasteiger partial charge in [0, 0.05) is 25.9 Å². The number of ether oxygens (including phenoxy) is 1. The van der Waals surface area contributed by atoms with Crippen LogP contribution in [0.4, 0.5) is 4.79 Å². The van der Waals surface area contributed by atoms with E-state index in [-0.39, 0.29) is 18.0 Å². The van der Waals surface area contributed by atoms with Gasteiger partial charge in [-0.25, -0.2) is 4.79 Å². The fourth-order valence-corrected chi connectivity index (χ4v) is 3.59. The molecule has 0 saturated carbocycles. The first-order valence-corrected chi connectivity index (χ1v) is 8.39. The fraction of sp³-hybridized carbons (Fsp3) is 0.556. The molecule has 0 aromatic heterocycles. The van der Waals surface area contributed by atoms with Crippen molar-refractivity contribution in [3.63, 3.8) is 0 Å². The van der Waals surface area contributed by atoms with Crippen molar-refractivity contribution in [1.29, 1.82) is 0 Å². The molecular weight excluding hydrogens is 306 g/mol. The lowest BCUT2D eigenvalue weighted by Crippen LogP contribution is -2.51. The molecule has 1 N–H and O–H groups in total. The van der Waals surface area contributed by atoms with Gasteiger partial charge in [-0.05, 0) is 26.6 Å². The molecule has 0 aliphatic carbocycles. The number of carbonyl (C=O) groups excluding carboxylic acids is 2. The maximum Gasteiger partial charge on any atom is 0.407 e. The minimum Gasteiger partial charge on any atom is -0.441 e. The van der Waals surface area contributed by atoms with Crippen LogP contribution in [0.3, 0.4) is 0 Å². The third kappa shape index (κ3) is 3.24. The molecule has 130 valence electrons. The molecule has 2 saturated heterocycles. The predicted octanol–water partition coefficient (Wildman–Crippen LogP) is 1.70. The molecule has 2 amide bonds. The first-order chi connectivity index (χ1) is 11.4. The Kier molecular flexibility index (Phi) is 4.49. The second-order valence-electron chi connectivity index (χ2n) is 7.03. The van der Waals surface area contributed by atoms with E-state index in [1.807, 2.05) is 49.0 Å². The van der Waals surface area contributed by atoms with Crippen LogP contribution < -0.4 is 5.32 Å². The van der Waals surface area contributed by atoms with E-state index in [2.05, 4.69) is 11.4 Å². The molecule has 0 unspecified atom stereocenters. The molecule has 1 atom stereocenters. The summed E-state index contributed by atoms with van der Waals surface area (Å²) in [5.74, 6) is 0.109. The van der Waals surface area contributed by atoms with Crippen molar-refractivity contribution >= 4 is 12.0 Å². The Morgan fingerprint density at radius 3 is 2.58 bits per heavy atom. The Morgan fingerprint density at radius 2 is 2.04 bits per heavy atom. The number of carbonyl (C=O) groups is 2. The van der Waals surface area contributed by atoms with Gasteiger partial charge < -0.3 is 15.0 Å². The molecule has 2 aliphatic heterocycles. The second-order valence-corrected chi connectivity index (χ2v) is 7.03. The number of hydrogen-bond donors (Lipinski definition) is 1. The number of likely N-dealkylation sites (N-methyl/N-ethyl adjacent to an activating group) is 1. The summed E-state index contributed by atoms with van der Waals surface area (Å²) in [7, 11) is 3.86. The number of amides is 2. The Labute approximate surface area is 142 Å². The van der Waals surface area contributed by atoms with Gasteiger partial charge in [0.2, 0.25) is 5.91 Å². The van der Waals surface area contributed by atoms with Crippen molar-refractivity contribution in [2.45, 2.75) is 31.4 Å². The summed E-state index contributed by atoms with van der Waals surface area (Å²) in [4.78, 5) is 28.3. The maximum absolute atomic E-state index is 13.1. The number of hydrogen-bond acceptors (Lipinski definition) is 4. The van der Waals surface area contributed by atoms with Crippen LogP contribution in [0.5, 0.6) is 0 Å². The van der Waals surface area contributed by atoms with Gasteiger partial charge in [0.25, 0.3) is 0 Å². The van der Waals surface area contributed by atoms with E-state index < -0.39 is 5.60 Å². The molecule has 1 aromatic carbocycles. The molecule has 2 fully saturated rings. The smallest absolute Gasteiger partial charge is 0.407 e. The number of rotatable bonds is 3. The molecule has 3 rings (SSSR count). The first-order valence-electron chi connectivity index (χ1n) is 8.39. The molecular formula is C18H25N3O3. The zero-order valence-corrected chi connectivity index (χ0v) is 14.5. The number of alkyl carbamates (subject to hydrolysis) is 1. The highest BCUT2D eigenvalue weighted by Gasteiger charge is 2.44. The molecule has 0 bridgehead atoms. The van der Waals surface area contributed by atoms with E-state index in [0.29, 0.717) is 32.5 Å². The third-order valence-corrected chi connectivity index (χ3v) is 4.96. The Hall–Kier alpha value is -2.08. The molecule has 24 heavy (non-hydrogen) atoms. The molecule has 0 radical (unpaired) electrons. The zero-order valence-electron chi connectivity index (χ0n) is 14.5. The van der Waals surface area contributed by atoms with E-state index in [9.17, 15) is 9.59 Å². The molecule has 6 nitrogen and oxygen atoms in total. The van der Waals surface area contributed by atoms with Crippen molar-refractivity contribution in [1.82, 2.24) is 15.1 Å². The van der Waals surface area contributed by atoms with Crippen LogP contribution in [0.2, 0.25) is 0 Å². The molecule has 2 aliphatic rings. The lowest BCUT2D eigenvalue weighted by Gasteiger charge is -2.39. The van der Waals surface area contributed by atoms with Crippen LogP contribution in [0.15, 0.2) is 24.3 Å². The van der Waals surface area contributed by atoms with Gasteiger partial charge in [-0.1, -0.05) is 29.8 Å². The number of benzene rings is 1. The normalized spacial score (nSPS) is 20.8. The van der Waals surface area contributed by atoms with Crippen LogP contribution in [-0.4, -0.2) is 61.1 Å². The summed E-state index contributed by atoms with van der Waals surface area (Å²) < 4.78 is 5.43. The number of nitrogens with one attached hydrogen (secondary N) is 1. The number of nitrogens with zero attached hydrogens (tertiary/aromatic N) is 2. The molecule has 1 spiro atoms. The van der Waals surface area contributed by atoms with Crippen molar-refractivity contribution < 1.29 is 14.3 Å². The van der Waals surface area contributed by atoms with Gasteiger partial charge in [0.1, 0.15) is 11.6 Å². The largest absolute Gasteiger partial charge is 0.441 e. The minimum absolute atomic E-state index is 0.109. The van der Waals surface area contributed by atoms with Crippen molar-refractivity contribution in [2.75, 3.05) is 33.7 Å². The van der Waals surface area contributed by atoms with Gasteiger partial charge in [-0.15, -0.1) is 0 Å². The number of aryl methyl sites for hydroxylation is 1. The SMILES string of the molecule is Cc1cccc([C@@H](C(=O)N2CCC3(CC2)CNC(=O)O3)N(C)C)c1. The van der Waals surface area contributed by atoms with Crippen molar-refractivity contribution in [3.8, 4) is 0 Å². The topological polar surface area (TPSA) is 61.9 Å². The summed E-state index contributed by atoms with van der Waals surface area (Å²) in [6.07, 6.45) is 1.03. The third-order valence-electron chi connectivity index (χ3n) is 4.96. The highest BCUT2D eigenvalue weighted by atomic mass is 16.6. The highest BCUT2D eigenvalue weighted by Crippen LogP contribution is 2.31. The van der Waals surface area contributed by atoms with Crippen LogP contribution in [0.25, 0.3) is 0 Å². The Bertz CT molecular complexity index is 636. The van der Waals surface area contributed by atoms with Crippen LogP contribution in [0.1, 0.15) is 30.0 Å². The number of piperidine rings is 1. The average Bonchev–Trinajstić information content (AvgIpc) is 2.88. The predicted molar refractivity (Wildman–Crippen MR) is 90.6 cm³/mol. The molecule has 2 heterocycles. The van der Waals surface area contributed by atoms with E-state index in [0.717, 1.165) is 11.1 Å². The maximum atomic E-state index is 13.1. The van der Waals surface area contributed by atoms with E-state index in [1.165, 1.54) is 0 Å². The van der Waals surface area contributed by atoms with Gasteiger partial charge in [0.15, 0.2) is 0 Å². The van der Waals surface area contributed by atoms with Crippen molar-refractivity contribution in [3.05, 3.63) is 35.4 Å². The van der Waals surface area contributed by atoms with Crippen molar-refractivity contribution in [2.24, 2.45) is 0 Å². The van der Waals surface area contributed by atoms with E-state index in [1.54, 1.807) is 0 Å². The summed E-state index contributed by atoms with van der Waals surface area (Å²) in [5, 5.41) is 2.72. The summed E-state index contributed by atoms with van der Waals surface area (Å²) in [6, 6.07) is 7.80. The van der Waals surface area contributed by atoms with Gasteiger partial charge in [0.05, 0.1) is 6.54 Å². The lowest BCUT2D eigenvalue weighted by atomic mass is 9.91. The monoisotopic (exact) mass is 331 g/mol. The van der Waals surface area contributed by atoms with E-state index in [4.69, 9.17) is 4.74 Å². The minimum atomic E-state index is -0.426. The summed E-state index contributed by atoms with van der Waals surface area (Å²) in [5.41, 5.74) is 1.73. The van der Waals surface area contributed by atoms with Gasteiger partial charge >= 0.3 is 6.09 Å². The summed E-state index contributed by atoms with van der Waals surface area (Å²) in [6.45, 7) is 3.81. The van der Waals surface area contributed by atoms with Crippen LogP contribution in [0, 0.1) is 6.92 Å². The lowest BCUT2D eigenvalue weighted by molar-refractivity contribution is -0.139. The highest BCUT2D eigenvalue weighted by molar-refractivity contribution is 5.83. The van der Waals surface area contributed by atoms with Crippen LogP contribution >= 0.6 is 0 Å². The Balaban J connectivity index is 1.72. The zero-order chi connectivity index (χ0) is 17.3. The molecule has 6 heteroatoms. The molecule has 1 aromatic rings. The average molecular weight is 331 g/mol. The summed E-state index contributed by atoms with van der Waals surface area (Å²) >= 11 is 0. The van der Waals surface area contributed by atoms with E-state index >= 15 is 0 Å². The number of likely N-dealkylation sites (tertiary alicyclic amines) is 1. The standard InChI is InChI=1S/C18H25N3O3/c1-13-5-4-6-14(11-13)15(20(2)3)16(22)21-9-7-18(8-10-21)12-19-17(23)24-18/h4-6,11,15H,7-10,12H2,1-3H3,(H,19,23)/t15-/m0/s1. The Morgan fingerprint density at radius 1 is 1.33 bits per heavy atom. The van der Waals surface area contributed by atoms with Gasteiger partial charge in [-0.3, -0.25) is 9.69 Å². The quantitative estimate of drug-likeness (QED) is 0.916.